The van der Waals surface area contributed by atoms with Crippen LogP contribution in [0.4, 0.5) is 0 Å². The van der Waals surface area contributed by atoms with Crippen molar-refractivity contribution in [1.29, 1.82) is 0 Å². The van der Waals surface area contributed by atoms with Crippen LogP contribution in [0.25, 0.3) is 16.3 Å². The summed E-state index contributed by atoms with van der Waals surface area (Å²) in [6.45, 7) is 6.48. The number of phenols is 1. The molecule has 122 valence electrons. The summed E-state index contributed by atoms with van der Waals surface area (Å²) in [7, 11) is 0. The van der Waals surface area contributed by atoms with Crippen molar-refractivity contribution in [2.75, 3.05) is 6.61 Å². The summed E-state index contributed by atoms with van der Waals surface area (Å²) in [6, 6.07) is 11.3. The number of fused-ring (bicyclic) bond motifs is 1. The number of aromatic hydroxyl groups is 1. The average molecular weight is 312 g/mol. The minimum absolute atomic E-state index is 0.218. The Hall–Kier alpha value is -2.29. The lowest BCUT2D eigenvalue weighted by Crippen LogP contribution is -2.10. The van der Waals surface area contributed by atoms with Crippen LogP contribution in [-0.2, 0) is 9.53 Å². The lowest BCUT2D eigenvalue weighted by atomic mass is 9.97. The molecule has 0 aliphatic rings. The molecule has 2 aromatic carbocycles. The molecular weight excluding hydrogens is 288 g/mol. The minimum atomic E-state index is -0.218. The first-order valence-electron chi connectivity index (χ1n) is 8.16. The molecule has 2 rings (SSSR count). The third kappa shape index (κ3) is 4.13. The van der Waals surface area contributed by atoms with E-state index in [2.05, 4.69) is 6.92 Å². The van der Waals surface area contributed by atoms with Gasteiger partial charge in [0.2, 0.25) is 0 Å². The molecular formula is C20H24O3. The standard InChI is InChI=1S/C20H24O3/c1-4-6-11-23-20(22)19(5-2)14(3)15-7-8-17-13-18(21)10-9-16(17)12-15/h7-10,12-13,21H,4-6,11H2,1-3H3/b19-14+. The minimum Gasteiger partial charge on any atom is -0.508 e. The van der Waals surface area contributed by atoms with Crippen molar-refractivity contribution in [1.82, 2.24) is 0 Å². The Kier molecular flexibility index (Phi) is 5.80. The molecule has 3 nitrogen and oxygen atoms in total. The first-order chi connectivity index (χ1) is 11.1. The number of benzene rings is 2. The lowest BCUT2D eigenvalue weighted by molar-refractivity contribution is -0.139. The molecule has 0 aliphatic carbocycles. The van der Waals surface area contributed by atoms with Gasteiger partial charge in [0.05, 0.1) is 6.61 Å². The predicted octanol–water partition coefficient (Wildman–Crippen LogP) is 5.07. The second-order valence-corrected chi connectivity index (χ2v) is 5.69. The topological polar surface area (TPSA) is 46.5 Å². The number of allylic oxidation sites excluding steroid dienone is 1. The summed E-state index contributed by atoms with van der Waals surface area (Å²) in [5.74, 6) is 0.0375. The van der Waals surface area contributed by atoms with E-state index in [4.69, 9.17) is 4.74 Å². The zero-order valence-corrected chi connectivity index (χ0v) is 14.1. The van der Waals surface area contributed by atoms with E-state index in [9.17, 15) is 9.90 Å². The molecule has 23 heavy (non-hydrogen) atoms. The number of esters is 1. The zero-order valence-electron chi connectivity index (χ0n) is 14.1. The first-order valence-corrected chi connectivity index (χ1v) is 8.16. The van der Waals surface area contributed by atoms with Gasteiger partial charge in [0.1, 0.15) is 5.75 Å². The molecule has 0 aliphatic heterocycles. The van der Waals surface area contributed by atoms with E-state index in [0.717, 1.165) is 40.3 Å². The van der Waals surface area contributed by atoms with E-state index >= 15 is 0 Å². The predicted molar refractivity (Wildman–Crippen MR) is 94.4 cm³/mol. The van der Waals surface area contributed by atoms with Crippen LogP contribution in [0.1, 0.15) is 45.6 Å². The fourth-order valence-corrected chi connectivity index (χ4v) is 2.60. The van der Waals surface area contributed by atoms with Crippen molar-refractivity contribution in [2.45, 2.75) is 40.0 Å². The molecule has 0 heterocycles. The number of hydrogen-bond donors (Lipinski definition) is 1. The van der Waals surface area contributed by atoms with Crippen molar-refractivity contribution < 1.29 is 14.6 Å². The fourth-order valence-electron chi connectivity index (χ4n) is 2.60. The molecule has 1 N–H and O–H groups in total. The van der Waals surface area contributed by atoms with Gasteiger partial charge in [-0.25, -0.2) is 4.79 Å². The molecule has 0 bridgehead atoms. The maximum atomic E-state index is 12.3. The number of rotatable bonds is 6. The highest BCUT2D eigenvalue weighted by molar-refractivity contribution is 5.98. The monoisotopic (exact) mass is 312 g/mol. The van der Waals surface area contributed by atoms with Crippen LogP contribution in [0.15, 0.2) is 42.0 Å². The van der Waals surface area contributed by atoms with E-state index < -0.39 is 0 Å². The van der Waals surface area contributed by atoms with E-state index in [1.807, 2.05) is 38.1 Å². The van der Waals surface area contributed by atoms with Gasteiger partial charge in [-0.05, 0) is 59.9 Å². The molecule has 0 unspecified atom stereocenters. The van der Waals surface area contributed by atoms with Crippen LogP contribution in [0.2, 0.25) is 0 Å². The molecule has 0 atom stereocenters. The van der Waals surface area contributed by atoms with Gasteiger partial charge >= 0.3 is 5.97 Å². The molecule has 0 saturated heterocycles. The van der Waals surface area contributed by atoms with Crippen LogP contribution in [0.5, 0.6) is 5.75 Å². The van der Waals surface area contributed by atoms with Crippen LogP contribution >= 0.6 is 0 Å². The van der Waals surface area contributed by atoms with Crippen molar-refractivity contribution in [2.24, 2.45) is 0 Å². The summed E-state index contributed by atoms with van der Waals surface area (Å²) in [6.07, 6.45) is 2.54. The summed E-state index contributed by atoms with van der Waals surface area (Å²) < 4.78 is 5.35. The number of ether oxygens (including phenoxy) is 1. The Morgan fingerprint density at radius 3 is 2.48 bits per heavy atom. The SMILES string of the molecule is CCCCOC(=O)/C(CC)=C(\C)c1ccc2cc(O)ccc2c1. The number of carbonyl (C=O) groups excluding carboxylic acids is 1. The van der Waals surface area contributed by atoms with Crippen molar-refractivity contribution >= 4 is 22.3 Å². The Morgan fingerprint density at radius 1 is 1.09 bits per heavy atom. The molecule has 3 heteroatoms. The van der Waals surface area contributed by atoms with Crippen LogP contribution in [-0.4, -0.2) is 17.7 Å². The number of carbonyl (C=O) groups is 1. The normalized spacial score (nSPS) is 12.1. The maximum absolute atomic E-state index is 12.3. The summed E-state index contributed by atoms with van der Waals surface area (Å²) in [4.78, 5) is 12.3. The Balaban J connectivity index is 2.33. The molecule has 0 spiro atoms. The third-order valence-corrected chi connectivity index (χ3v) is 4.04. The highest BCUT2D eigenvalue weighted by atomic mass is 16.5. The molecule has 0 saturated carbocycles. The third-order valence-electron chi connectivity index (χ3n) is 4.04. The van der Waals surface area contributed by atoms with Gasteiger partial charge in [0.25, 0.3) is 0 Å². The number of unbranched alkanes of at least 4 members (excludes halogenated alkanes) is 1. The lowest BCUT2D eigenvalue weighted by Gasteiger charge is -2.12. The summed E-state index contributed by atoms with van der Waals surface area (Å²) in [5.41, 5.74) is 2.68. The van der Waals surface area contributed by atoms with Gasteiger partial charge in [0, 0.05) is 5.57 Å². The second-order valence-electron chi connectivity index (χ2n) is 5.69. The quantitative estimate of drug-likeness (QED) is 0.460. The van der Waals surface area contributed by atoms with Crippen molar-refractivity contribution in [3.8, 4) is 5.75 Å². The van der Waals surface area contributed by atoms with Crippen molar-refractivity contribution in [3.05, 3.63) is 47.5 Å². The number of phenolic OH excluding ortho intramolecular Hbond substituents is 1. The largest absolute Gasteiger partial charge is 0.508 e. The molecule has 0 radical (unpaired) electrons. The van der Waals surface area contributed by atoms with E-state index in [0.29, 0.717) is 13.0 Å². The maximum Gasteiger partial charge on any atom is 0.334 e. The van der Waals surface area contributed by atoms with Gasteiger partial charge < -0.3 is 9.84 Å². The smallest absolute Gasteiger partial charge is 0.334 e. The highest BCUT2D eigenvalue weighted by Crippen LogP contribution is 2.27. The summed E-state index contributed by atoms with van der Waals surface area (Å²) >= 11 is 0. The van der Waals surface area contributed by atoms with Crippen LogP contribution < -0.4 is 0 Å². The molecule has 0 amide bonds. The Bertz CT molecular complexity index is 729. The molecule has 2 aromatic rings. The average Bonchev–Trinajstić information content (AvgIpc) is 2.55. The molecule has 0 aromatic heterocycles. The summed E-state index contributed by atoms with van der Waals surface area (Å²) in [5, 5.41) is 11.6. The van der Waals surface area contributed by atoms with Gasteiger partial charge in [0.15, 0.2) is 0 Å². The van der Waals surface area contributed by atoms with Crippen molar-refractivity contribution in [3.63, 3.8) is 0 Å². The zero-order chi connectivity index (χ0) is 16.8. The van der Waals surface area contributed by atoms with Gasteiger partial charge in [-0.1, -0.05) is 38.5 Å². The van der Waals surface area contributed by atoms with Gasteiger partial charge in [-0.2, -0.15) is 0 Å². The van der Waals surface area contributed by atoms with Crippen LogP contribution in [0, 0.1) is 0 Å². The number of hydrogen-bond acceptors (Lipinski definition) is 3. The Labute approximate surface area is 137 Å². The second kappa shape index (κ2) is 7.82. The Morgan fingerprint density at radius 2 is 1.78 bits per heavy atom. The fraction of sp³-hybridized carbons (Fsp3) is 0.350. The van der Waals surface area contributed by atoms with E-state index in [1.165, 1.54) is 0 Å². The van der Waals surface area contributed by atoms with E-state index in [1.54, 1.807) is 12.1 Å². The van der Waals surface area contributed by atoms with Crippen LogP contribution in [0.3, 0.4) is 0 Å². The molecule has 0 fully saturated rings. The first kappa shape index (κ1) is 17.1. The van der Waals surface area contributed by atoms with E-state index in [-0.39, 0.29) is 11.7 Å². The highest BCUT2D eigenvalue weighted by Gasteiger charge is 2.14. The van der Waals surface area contributed by atoms with Gasteiger partial charge in [-0.15, -0.1) is 0 Å². The van der Waals surface area contributed by atoms with Gasteiger partial charge in [-0.3, -0.25) is 0 Å².